The Morgan fingerprint density at radius 1 is 1.19 bits per heavy atom. The number of alkyl halides is 3. The number of nitrogens with zero attached hydrogens (tertiary/aromatic N) is 2. The molecule has 1 aliphatic heterocycles. The summed E-state index contributed by atoms with van der Waals surface area (Å²) in [7, 11) is -2.21. The van der Waals surface area contributed by atoms with Crippen LogP contribution in [0.15, 0.2) is 29.2 Å². The fourth-order valence-corrected chi connectivity index (χ4v) is 4.27. The van der Waals surface area contributed by atoms with Gasteiger partial charge in [0.05, 0.1) is 18.6 Å². The molecule has 2 N–H and O–H groups in total. The van der Waals surface area contributed by atoms with Crippen LogP contribution in [-0.4, -0.2) is 87.2 Å². The molecule has 1 fully saturated rings. The number of carbonyl (C=O) groups is 2. The Morgan fingerprint density at radius 2 is 1.69 bits per heavy atom. The molecule has 13 heteroatoms. The maximum atomic E-state index is 13.0. The van der Waals surface area contributed by atoms with Crippen LogP contribution in [0.2, 0.25) is 0 Å². The maximum Gasteiger partial charge on any atom is 0.490 e. The van der Waals surface area contributed by atoms with E-state index < -0.39 is 22.2 Å². The molecule has 32 heavy (non-hydrogen) atoms. The Morgan fingerprint density at radius 3 is 2.09 bits per heavy atom. The first kappa shape index (κ1) is 27.7. The van der Waals surface area contributed by atoms with E-state index >= 15 is 0 Å². The van der Waals surface area contributed by atoms with Crippen molar-refractivity contribution in [2.45, 2.75) is 24.9 Å². The zero-order valence-electron chi connectivity index (χ0n) is 18.1. The Balaban J connectivity index is 0.000000633. The topological polar surface area (TPSA) is 116 Å². The number of carboxylic acids is 1. The van der Waals surface area contributed by atoms with Gasteiger partial charge in [0.1, 0.15) is 5.75 Å². The number of carboxylic acid groups (broad SMARTS) is 1. The van der Waals surface area contributed by atoms with Gasteiger partial charge in [-0.1, -0.05) is 13.8 Å². The van der Waals surface area contributed by atoms with E-state index in [1.807, 2.05) is 13.8 Å². The molecule has 0 spiro atoms. The van der Waals surface area contributed by atoms with Gasteiger partial charge >= 0.3 is 12.1 Å². The van der Waals surface area contributed by atoms with E-state index in [4.69, 9.17) is 14.6 Å². The smallest absolute Gasteiger partial charge is 0.490 e. The van der Waals surface area contributed by atoms with Gasteiger partial charge in [-0.3, -0.25) is 4.79 Å². The minimum Gasteiger partial charge on any atom is -0.497 e. The fraction of sp³-hybridized carbons (Fsp3) is 0.579. The van der Waals surface area contributed by atoms with Crippen molar-refractivity contribution in [1.29, 1.82) is 0 Å². The predicted molar refractivity (Wildman–Crippen MR) is 110 cm³/mol. The molecule has 9 nitrogen and oxygen atoms in total. The first-order chi connectivity index (χ1) is 14.8. The number of aliphatic carboxylic acids is 1. The third-order valence-corrected chi connectivity index (χ3v) is 6.12. The Kier molecular flexibility index (Phi) is 10.4. The number of carbonyl (C=O) groups excluding carboxylic acids is 1. The van der Waals surface area contributed by atoms with Crippen LogP contribution in [0.3, 0.4) is 0 Å². The van der Waals surface area contributed by atoms with Gasteiger partial charge in [0.25, 0.3) is 0 Å². The lowest BCUT2D eigenvalue weighted by molar-refractivity contribution is -0.192. The summed E-state index contributed by atoms with van der Waals surface area (Å²) in [5, 5.41) is 10.3. The van der Waals surface area contributed by atoms with Crippen molar-refractivity contribution < 1.29 is 41.0 Å². The average Bonchev–Trinajstić information content (AvgIpc) is 2.73. The number of amides is 1. The molecule has 1 saturated heterocycles. The van der Waals surface area contributed by atoms with E-state index in [9.17, 15) is 26.4 Å². The monoisotopic (exact) mass is 483 g/mol. The molecule has 0 radical (unpaired) electrons. The Bertz CT molecular complexity index is 854. The second-order valence-electron chi connectivity index (χ2n) is 7.30. The van der Waals surface area contributed by atoms with Crippen molar-refractivity contribution in [2.75, 3.05) is 46.4 Å². The molecule has 182 valence electrons. The minimum absolute atomic E-state index is 0.115. The van der Waals surface area contributed by atoms with Crippen LogP contribution in [-0.2, 0) is 19.6 Å². The van der Waals surface area contributed by atoms with E-state index in [0.29, 0.717) is 25.4 Å². The summed E-state index contributed by atoms with van der Waals surface area (Å²) in [6.45, 7) is 6.73. The van der Waals surface area contributed by atoms with Crippen LogP contribution in [0.5, 0.6) is 5.75 Å². The number of rotatable bonds is 7. The van der Waals surface area contributed by atoms with Crippen LogP contribution in [0.25, 0.3) is 0 Å². The summed E-state index contributed by atoms with van der Waals surface area (Å²) in [5.74, 6) is -2.21. The predicted octanol–water partition coefficient (Wildman–Crippen LogP) is 1.41. The number of piperazine rings is 1. The fourth-order valence-electron chi connectivity index (χ4n) is 2.72. The standard InChI is InChI=1S/C17H27N3O4S.C2HF3O2/c1-14(2)12-20(13-17(21)19-10-8-18-9-11-19)25(22,23)16-6-4-15(24-3)5-7-16;3-2(4,5)1(6)7/h4-7,14,18H,8-13H2,1-3H3;(H,6,7). The summed E-state index contributed by atoms with van der Waals surface area (Å²) < 4.78 is 64.1. The van der Waals surface area contributed by atoms with Crippen molar-refractivity contribution in [3.63, 3.8) is 0 Å². The molecule has 0 unspecified atom stereocenters. The van der Waals surface area contributed by atoms with Crippen LogP contribution in [0, 0.1) is 5.92 Å². The highest BCUT2D eigenvalue weighted by atomic mass is 32.2. The number of hydrogen-bond acceptors (Lipinski definition) is 6. The van der Waals surface area contributed by atoms with E-state index in [1.165, 1.54) is 23.5 Å². The molecule has 1 aliphatic rings. The molecule has 0 aliphatic carbocycles. The molecule has 0 bridgehead atoms. The molecule has 0 aromatic heterocycles. The van der Waals surface area contributed by atoms with Gasteiger partial charge in [-0.05, 0) is 30.2 Å². The first-order valence-electron chi connectivity index (χ1n) is 9.71. The number of hydrogen-bond donors (Lipinski definition) is 2. The Hall–Kier alpha value is -2.38. The highest BCUT2D eigenvalue weighted by molar-refractivity contribution is 7.89. The molecule has 0 atom stereocenters. The third-order valence-electron chi connectivity index (χ3n) is 4.29. The highest BCUT2D eigenvalue weighted by Crippen LogP contribution is 2.20. The second kappa shape index (κ2) is 12.0. The molecular weight excluding hydrogens is 455 g/mol. The summed E-state index contributed by atoms with van der Waals surface area (Å²) >= 11 is 0. The van der Waals surface area contributed by atoms with Crippen molar-refractivity contribution >= 4 is 21.9 Å². The van der Waals surface area contributed by atoms with Crippen LogP contribution in [0.1, 0.15) is 13.8 Å². The first-order valence-corrected chi connectivity index (χ1v) is 11.2. The zero-order chi connectivity index (χ0) is 24.5. The van der Waals surface area contributed by atoms with Crippen molar-refractivity contribution in [2.24, 2.45) is 5.92 Å². The molecule has 1 heterocycles. The van der Waals surface area contributed by atoms with Gasteiger partial charge in [-0.2, -0.15) is 17.5 Å². The lowest BCUT2D eigenvalue weighted by Gasteiger charge is -2.30. The van der Waals surface area contributed by atoms with Gasteiger partial charge in [-0.25, -0.2) is 13.2 Å². The Labute approximate surface area is 185 Å². The van der Waals surface area contributed by atoms with E-state index in [-0.39, 0.29) is 23.3 Å². The average molecular weight is 484 g/mol. The largest absolute Gasteiger partial charge is 0.497 e. The highest BCUT2D eigenvalue weighted by Gasteiger charge is 2.38. The molecule has 1 aromatic rings. The summed E-state index contributed by atoms with van der Waals surface area (Å²) in [4.78, 5) is 23.3. The van der Waals surface area contributed by atoms with Crippen LogP contribution in [0.4, 0.5) is 13.2 Å². The summed E-state index contributed by atoms with van der Waals surface area (Å²) in [5.41, 5.74) is 0. The lowest BCUT2D eigenvalue weighted by atomic mass is 10.2. The third kappa shape index (κ3) is 8.63. The van der Waals surface area contributed by atoms with E-state index in [0.717, 1.165) is 13.1 Å². The van der Waals surface area contributed by atoms with Crippen LogP contribution < -0.4 is 10.1 Å². The van der Waals surface area contributed by atoms with Crippen molar-refractivity contribution in [1.82, 2.24) is 14.5 Å². The van der Waals surface area contributed by atoms with Crippen molar-refractivity contribution in [3.8, 4) is 5.75 Å². The van der Waals surface area contributed by atoms with Gasteiger partial charge < -0.3 is 20.1 Å². The molecular formula is C19H28F3N3O6S. The van der Waals surface area contributed by atoms with Gasteiger partial charge in [-0.15, -0.1) is 0 Å². The van der Waals surface area contributed by atoms with E-state index in [2.05, 4.69) is 5.32 Å². The second-order valence-corrected chi connectivity index (χ2v) is 9.24. The van der Waals surface area contributed by atoms with E-state index in [1.54, 1.807) is 17.0 Å². The van der Waals surface area contributed by atoms with Crippen molar-refractivity contribution in [3.05, 3.63) is 24.3 Å². The SMILES string of the molecule is COc1ccc(S(=O)(=O)N(CC(=O)N2CCNCC2)CC(C)C)cc1.O=C(O)C(F)(F)F. The number of benzene rings is 1. The summed E-state index contributed by atoms with van der Waals surface area (Å²) in [6, 6.07) is 6.24. The maximum absolute atomic E-state index is 13.0. The molecule has 2 rings (SSSR count). The minimum atomic E-state index is -5.08. The normalized spacial score (nSPS) is 14.7. The number of sulfonamides is 1. The molecule has 1 aromatic carbocycles. The molecule has 1 amide bonds. The summed E-state index contributed by atoms with van der Waals surface area (Å²) in [6.07, 6.45) is -5.08. The van der Waals surface area contributed by atoms with Gasteiger partial charge in [0.2, 0.25) is 15.9 Å². The number of halogens is 3. The lowest BCUT2D eigenvalue weighted by Crippen LogP contribution is -2.50. The zero-order valence-corrected chi connectivity index (χ0v) is 18.9. The quantitative estimate of drug-likeness (QED) is 0.602. The number of methoxy groups -OCH3 is 1. The van der Waals surface area contributed by atoms with Gasteiger partial charge in [0.15, 0.2) is 0 Å². The number of ether oxygens (including phenoxy) is 1. The number of nitrogens with one attached hydrogen (secondary N) is 1. The van der Waals surface area contributed by atoms with Crippen LogP contribution >= 0.6 is 0 Å². The molecule has 0 saturated carbocycles. The van der Waals surface area contributed by atoms with Gasteiger partial charge in [0, 0.05) is 32.7 Å².